The van der Waals surface area contributed by atoms with Gasteiger partial charge in [0.25, 0.3) is 0 Å². The molecule has 0 saturated carbocycles. The quantitative estimate of drug-likeness (QED) is 0.682. The summed E-state index contributed by atoms with van der Waals surface area (Å²) in [4.78, 5) is 22.9. The van der Waals surface area contributed by atoms with E-state index in [1.807, 2.05) is 5.38 Å². The number of nitrogens with one attached hydrogen (secondary N) is 1. The lowest BCUT2D eigenvalue weighted by Gasteiger charge is -2.06. The predicted octanol–water partition coefficient (Wildman–Crippen LogP) is 4.89. The van der Waals surface area contributed by atoms with Crippen molar-refractivity contribution < 1.29 is 4.79 Å². The van der Waals surface area contributed by atoms with Crippen molar-refractivity contribution in [2.45, 2.75) is 45.4 Å². The summed E-state index contributed by atoms with van der Waals surface area (Å²) in [5.74, 6) is -0.0470. The van der Waals surface area contributed by atoms with E-state index in [-0.39, 0.29) is 12.3 Å². The Kier molecular flexibility index (Phi) is 5.13. The number of hydrogen-bond donors (Lipinski definition) is 1. The van der Waals surface area contributed by atoms with E-state index >= 15 is 0 Å². The van der Waals surface area contributed by atoms with E-state index in [1.54, 1.807) is 22.7 Å². The second-order valence-electron chi connectivity index (χ2n) is 6.52. The molecule has 0 bridgehead atoms. The number of carbonyl (C=O) groups is 1. The number of aryl methyl sites for hydroxylation is 3. The summed E-state index contributed by atoms with van der Waals surface area (Å²) in [7, 11) is 0. The summed E-state index contributed by atoms with van der Waals surface area (Å²) >= 11 is 3.20. The van der Waals surface area contributed by atoms with E-state index in [0.717, 1.165) is 40.7 Å². The predicted molar refractivity (Wildman–Crippen MR) is 108 cm³/mol. The van der Waals surface area contributed by atoms with E-state index in [9.17, 15) is 4.79 Å². The van der Waals surface area contributed by atoms with Gasteiger partial charge in [0.1, 0.15) is 5.01 Å². The molecule has 4 rings (SSSR count). The lowest BCUT2D eigenvalue weighted by molar-refractivity contribution is -0.115. The summed E-state index contributed by atoms with van der Waals surface area (Å²) in [5.41, 5.74) is 4.40. The Morgan fingerprint density at radius 2 is 1.96 bits per heavy atom. The van der Waals surface area contributed by atoms with Crippen molar-refractivity contribution >= 4 is 33.7 Å². The van der Waals surface area contributed by atoms with Crippen molar-refractivity contribution in [1.82, 2.24) is 9.97 Å². The van der Waals surface area contributed by atoms with Gasteiger partial charge in [-0.25, -0.2) is 9.97 Å². The molecule has 1 N–H and O–H groups in total. The molecule has 1 aliphatic carbocycles. The highest BCUT2D eigenvalue weighted by molar-refractivity contribution is 7.16. The topological polar surface area (TPSA) is 54.9 Å². The van der Waals surface area contributed by atoms with E-state index < -0.39 is 0 Å². The molecule has 4 nitrogen and oxygen atoms in total. The van der Waals surface area contributed by atoms with Crippen molar-refractivity contribution in [3.05, 3.63) is 51.5 Å². The Balaban J connectivity index is 1.40. The summed E-state index contributed by atoms with van der Waals surface area (Å²) in [5, 5.41) is 6.60. The Morgan fingerprint density at radius 3 is 2.73 bits per heavy atom. The first kappa shape index (κ1) is 17.4. The Labute approximate surface area is 161 Å². The molecule has 0 fully saturated rings. The molecule has 0 aliphatic heterocycles. The zero-order valence-electron chi connectivity index (χ0n) is 14.7. The molecule has 3 aromatic rings. The third-order valence-electron chi connectivity index (χ3n) is 4.59. The first-order valence-electron chi connectivity index (χ1n) is 9.03. The average molecular weight is 384 g/mol. The van der Waals surface area contributed by atoms with Gasteiger partial charge in [0, 0.05) is 15.8 Å². The van der Waals surface area contributed by atoms with Crippen molar-refractivity contribution in [2.75, 3.05) is 5.32 Å². The van der Waals surface area contributed by atoms with E-state index in [1.165, 1.54) is 29.0 Å². The van der Waals surface area contributed by atoms with Crippen molar-refractivity contribution in [3.8, 4) is 10.6 Å². The number of rotatable bonds is 5. The minimum Gasteiger partial charge on any atom is -0.302 e. The SMILES string of the molecule is CCc1ccc(-c2nc(CC(=O)Nc3nc4c(s3)CCCC4)cs2)cc1. The molecule has 1 amide bonds. The number of carbonyl (C=O) groups excluding carboxylic acids is 1. The Morgan fingerprint density at radius 1 is 1.15 bits per heavy atom. The van der Waals surface area contributed by atoms with Crippen LogP contribution >= 0.6 is 22.7 Å². The standard InChI is InChI=1S/C20H21N3OS2/c1-2-13-7-9-14(10-8-13)19-21-15(12-25-19)11-18(24)23-20-22-16-5-3-4-6-17(16)26-20/h7-10,12H,2-6,11H2,1H3,(H,22,23,24). The van der Waals surface area contributed by atoms with Gasteiger partial charge < -0.3 is 5.32 Å². The van der Waals surface area contributed by atoms with Crippen LogP contribution in [0.3, 0.4) is 0 Å². The van der Waals surface area contributed by atoms with Crippen LogP contribution < -0.4 is 5.32 Å². The van der Waals surface area contributed by atoms with Crippen molar-refractivity contribution in [2.24, 2.45) is 0 Å². The molecule has 2 heterocycles. The highest BCUT2D eigenvalue weighted by atomic mass is 32.1. The monoisotopic (exact) mass is 383 g/mol. The molecule has 0 atom stereocenters. The number of nitrogens with zero attached hydrogens (tertiary/aromatic N) is 2. The molecule has 2 aromatic heterocycles. The average Bonchev–Trinajstić information content (AvgIpc) is 3.28. The van der Waals surface area contributed by atoms with Gasteiger partial charge in [-0.3, -0.25) is 4.79 Å². The first-order valence-corrected chi connectivity index (χ1v) is 10.7. The number of anilines is 1. The van der Waals surface area contributed by atoms with Crippen LogP contribution in [0.15, 0.2) is 29.6 Å². The maximum absolute atomic E-state index is 12.3. The van der Waals surface area contributed by atoms with Gasteiger partial charge in [-0.05, 0) is 37.7 Å². The molecule has 0 saturated heterocycles. The number of amides is 1. The molecule has 0 unspecified atom stereocenters. The minimum atomic E-state index is -0.0470. The smallest absolute Gasteiger partial charge is 0.232 e. The summed E-state index contributed by atoms with van der Waals surface area (Å²) in [6.07, 6.45) is 5.87. The molecule has 1 aliphatic rings. The van der Waals surface area contributed by atoms with Crippen LogP contribution in [0, 0.1) is 0 Å². The zero-order valence-corrected chi connectivity index (χ0v) is 16.4. The fourth-order valence-electron chi connectivity index (χ4n) is 3.14. The normalized spacial score (nSPS) is 13.4. The van der Waals surface area contributed by atoms with Crippen LogP contribution in [0.4, 0.5) is 5.13 Å². The summed E-state index contributed by atoms with van der Waals surface area (Å²) < 4.78 is 0. The number of fused-ring (bicyclic) bond motifs is 1. The fourth-order valence-corrected chi connectivity index (χ4v) is 5.03. The first-order chi connectivity index (χ1) is 12.7. The number of benzene rings is 1. The van der Waals surface area contributed by atoms with Gasteiger partial charge >= 0.3 is 0 Å². The lowest BCUT2D eigenvalue weighted by atomic mass is 10.0. The third-order valence-corrected chi connectivity index (χ3v) is 6.61. The molecule has 134 valence electrons. The van der Waals surface area contributed by atoms with E-state index in [4.69, 9.17) is 0 Å². The molecule has 0 spiro atoms. The van der Waals surface area contributed by atoms with Gasteiger partial charge in [-0.15, -0.1) is 22.7 Å². The van der Waals surface area contributed by atoms with Crippen LogP contribution in [0.1, 0.15) is 41.6 Å². The number of thiazole rings is 2. The molecule has 1 aromatic carbocycles. The zero-order chi connectivity index (χ0) is 17.9. The highest BCUT2D eigenvalue weighted by Crippen LogP contribution is 2.30. The van der Waals surface area contributed by atoms with Gasteiger partial charge in [0.15, 0.2) is 5.13 Å². The maximum Gasteiger partial charge on any atom is 0.232 e. The number of hydrogen-bond acceptors (Lipinski definition) is 5. The Hall–Kier alpha value is -2.05. The minimum absolute atomic E-state index is 0.0470. The maximum atomic E-state index is 12.3. The Bertz CT molecular complexity index is 888. The lowest BCUT2D eigenvalue weighted by Crippen LogP contribution is -2.14. The van der Waals surface area contributed by atoms with Gasteiger partial charge in [0.05, 0.1) is 17.8 Å². The third kappa shape index (κ3) is 3.86. The van der Waals surface area contributed by atoms with Gasteiger partial charge in [0.2, 0.25) is 5.91 Å². The highest BCUT2D eigenvalue weighted by Gasteiger charge is 2.17. The fraction of sp³-hybridized carbons (Fsp3) is 0.350. The van der Waals surface area contributed by atoms with Crippen LogP contribution in [0.25, 0.3) is 10.6 Å². The van der Waals surface area contributed by atoms with Crippen LogP contribution in [-0.4, -0.2) is 15.9 Å². The molecule has 0 radical (unpaired) electrons. The van der Waals surface area contributed by atoms with Crippen molar-refractivity contribution in [1.29, 1.82) is 0 Å². The van der Waals surface area contributed by atoms with E-state index in [2.05, 4.69) is 46.5 Å². The summed E-state index contributed by atoms with van der Waals surface area (Å²) in [6.45, 7) is 2.15. The second kappa shape index (κ2) is 7.68. The number of aromatic nitrogens is 2. The van der Waals surface area contributed by atoms with E-state index in [0.29, 0.717) is 0 Å². The van der Waals surface area contributed by atoms with Crippen LogP contribution in [0.2, 0.25) is 0 Å². The largest absolute Gasteiger partial charge is 0.302 e. The van der Waals surface area contributed by atoms with Gasteiger partial charge in [-0.2, -0.15) is 0 Å². The van der Waals surface area contributed by atoms with Crippen molar-refractivity contribution in [3.63, 3.8) is 0 Å². The molecular formula is C20H21N3OS2. The van der Waals surface area contributed by atoms with Crippen LogP contribution in [0.5, 0.6) is 0 Å². The van der Waals surface area contributed by atoms with Crippen LogP contribution in [-0.2, 0) is 30.5 Å². The molecule has 6 heteroatoms. The van der Waals surface area contributed by atoms with Gasteiger partial charge in [-0.1, -0.05) is 31.2 Å². The summed E-state index contributed by atoms with van der Waals surface area (Å²) in [6, 6.07) is 8.46. The second-order valence-corrected chi connectivity index (χ2v) is 8.46. The molecular weight excluding hydrogens is 362 g/mol. The molecule has 26 heavy (non-hydrogen) atoms.